The molecule has 0 unspecified atom stereocenters. The number of aliphatic hydroxyl groups is 1. The molecule has 2 aliphatic heterocycles. The van der Waals surface area contributed by atoms with Gasteiger partial charge in [0.05, 0.1) is 22.5 Å². The summed E-state index contributed by atoms with van der Waals surface area (Å²) in [5, 5.41) is 15.0. The molecule has 4 aliphatic rings. The molecule has 5 rings (SSSR count). The quantitative estimate of drug-likeness (QED) is 0.0582. The smallest absolute Gasteiger partial charge is 0.247 e. The first-order valence-corrected chi connectivity index (χ1v) is 27.0. The zero-order chi connectivity index (χ0) is 44.1. The summed E-state index contributed by atoms with van der Waals surface area (Å²) in [5.74, 6) is 2.88. The molecule has 1 saturated heterocycles. The number of aliphatic imine (C=N–C) groups is 1. The second-order valence-electron chi connectivity index (χ2n) is 17.5. The maximum Gasteiger partial charge on any atom is 0.247 e. The fourth-order valence-corrected chi connectivity index (χ4v) is 11.0. The van der Waals surface area contributed by atoms with E-state index >= 15 is 0 Å². The van der Waals surface area contributed by atoms with Gasteiger partial charge in [-0.2, -0.15) is 23.5 Å². The number of thioether (sulfide) groups is 2. The molecule has 0 bridgehead atoms. The van der Waals surface area contributed by atoms with Crippen molar-refractivity contribution in [1.29, 1.82) is 0 Å². The van der Waals surface area contributed by atoms with Crippen molar-refractivity contribution in [3.8, 4) is 0 Å². The normalized spacial score (nSPS) is 17.7. The molecule has 0 radical (unpaired) electrons. The summed E-state index contributed by atoms with van der Waals surface area (Å²) in [6.07, 6.45) is 29.7. The van der Waals surface area contributed by atoms with Crippen LogP contribution in [0.25, 0.3) is 5.57 Å². The predicted octanol–water partition coefficient (Wildman–Crippen LogP) is 13.0. The second-order valence-corrected chi connectivity index (χ2v) is 20.0. The Hall–Kier alpha value is -3.24. The lowest BCUT2D eigenvalue weighted by Crippen LogP contribution is -2.27. The summed E-state index contributed by atoms with van der Waals surface area (Å²) in [5.41, 5.74) is 6.77. The van der Waals surface area contributed by atoms with Gasteiger partial charge in [-0.15, -0.1) is 0 Å². The van der Waals surface area contributed by atoms with Crippen molar-refractivity contribution in [3.05, 3.63) is 63.6 Å². The van der Waals surface area contributed by atoms with Gasteiger partial charge in [0.2, 0.25) is 17.6 Å². The van der Waals surface area contributed by atoms with Gasteiger partial charge in [0.1, 0.15) is 5.76 Å². The van der Waals surface area contributed by atoms with Crippen molar-refractivity contribution < 1.29 is 19.5 Å². The molecule has 10 heteroatoms. The Balaban J connectivity index is 1.24. The molecule has 2 amide bonds. The number of Topliss-reactive ketones (excluding diaryl/α,β-unsaturated/α-hetero) is 1. The minimum atomic E-state index is -0.287. The van der Waals surface area contributed by atoms with E-state index in [0.29, 0.717) is 41.1 Å². The van der Waals surface area contributed by atoms with Gasteiger partial charge < -0.3 is 20.2 Å². The number of unbranched alkanes of at least 4 members (excludes halogenated alkanes) is 16. The maximum absolute atomic E-state index is 14.4. The Morgan fingerprint density at radius 2 is 1.24 bits per heavy atom. The largest absolute Gasteiger partial charge is 0.506 e. The summed E-state index contributed by atoms with van der Waals surface area (Å²) in [4.78, 5) is 50.3. The van der Waals surface area contributed by atoms with Crippen LogP contribution in [0.5, 0.6) is 0 Å². The summed E-state index contributed by atoms with van der Waals surface area (Å²) in [6, 6.07) is 3.98. The van der Waals surface area contributed by atoms with E-state index in [2.05, 4.69) is 47.8 Å². The monoisotopic (exact) mass is 887 g/mol. The Morgan fingerprint density at radius 1 is 0.677 bits per heavy atom. The number of likely N-dealkylation sites (N-methyl/N-ethyl adjacent to an activating group) is 2. The number of ketones is 1. The topological polar surface area (TPSA) is 102 Å². The molecule has 0 saturated carbocycles. The zero-order valence-electron chi connectivity index (χ0n) is 38.9. The van der Waals surface area contributed by atoms with E-state index in [4.69, 9.17) is 0 Å². The third-order valence-electron chi connectivity index (χ3n) is 12.9. The number of anilines is 2. The summed E-state index contributed by atoms with van der Waals surface area (Å²) >= 11 is 3.64. The Labute approximate surface area is 383 Å². The van der Waals surface area contributed by atoms with Gasteiger partial charge in [-0.1, -0.05) is 117 Å². The molecule has 0 spiro atoms. The number of allylic oxidation sites excluding steroid dienone is 6. The first-order chi connectivity index (χ1) is 30.3. The average Bonchev–Trinajstić information content (AvgIpc) is 3.87. The highest BCUT2D eigenvalue weighted by Gasteiger charge is 2.41. The van der Waals surface area contributed by atoms with Crippen LogP contribution in [0.3, 0.4) is 0 Å². The van der Waals surface area contributed by atoms with Crippen molar-refractivity contribution in [2.75, 3.05) is 59.4 Å². The molecule has 1 aromatic carbocycles. The lowest BCUT2D eigenvalue weighted by molar-refractivity contribution is -0.117. The van der Waals surface area contributed by atoms with Gasteiger partial charge in [0.15, 0.2) is 0 Å². The predicted molar refractivity (Wildman–Crippen MR) is 267 cm³/mol. The highest BCUT2D eigenvalue weighted by molar-refractivity contribution is 7.99. The van der Waals surface area contributed by atoms with E-state index in [9.17, 15) is 19.5 Å². The summed E-state index contributed by atoms with van der Waals surface area (Å²) in [7, 11) is 0. The molecule has 0 aromatic heterocycles. The average molecular weight is 887 g/mol. The van der Waals surface area contributed by atoms with Gasteiger partial charge in [0, 0.05) is 73.0 Å². The molecule has 0 atom stereocenters. The molecule has 1 aromatic rings. The molecule has 2 N–H and O–H groups in total. The van der Waals surface area contributed by atoms with Crippen molar-refractivity contribution >= 4 is 63.8 Å². The van der Waals surface area contributed by atoms with Gasteiger partial charge in [-0.25, -0.2) is 4.99 Å². The van der Waals surface area contributed by atoms with Crippen LogP contribution in [-0.2, 0) is 20.8 Å². The molecule has 8 nitrogen and oxygen atoms in total. The van der Waals surface area contributed by atoms with Crippen LogP contribution < -0.4 is 10.2 Å². The molecule has 342 valence electrons. The minimum Gasteiger partial charge on any atom is -0.506 e. The van der Waals surface area contributed by atoms with E-state index in [0.717, 1.165) is 78.8 Å². The third kappa shape index (κ3) is 14.4. The molecular formula is C52H78N4O4S2. The number of nitrogens with one attached hydrogen (secondary N) is 1. The number of hydrogen-bond acceptors (Lipinski definition) is 8. The SMILES string of the molecule is CCCCCCCCCCCSCCC(=O)N=C1C=C2C(=C/C1=C1/C(=O)C(c3cc4c(cc3NC(=O)CCSCCCCCCCCCCC)N(CC)CC4)=C1O)CCN2CC. The van der Waals surface area contributed by atoms with E-state index in [-0.39, 0.29) is 34.5 Å². The van der Waals surface area contributed by atoms with Crippen LogP contribution in [0.1, 0.15) is 174 Å². The summed E-state index contributed by atoms with van der Waals surface area (Å²) < 4.78 is 0. The molecular weight excluding hydrogens is 809 g/mol. The number of hydrogen-bond donors (Lipinski definition) is 2. The first-order valence-electron chi connectivity index (χ1n) is 24.7. The number of amides is 2. The number of aliphatic hydroxyl groups excluding tert-OH is 1. The van der Waals surface area contributed by atoms with Crippen LogP contribution in [-0.4, -0.2) is 82.5 Å². The summed E-state index contributed by atoms with van der Waals surface area (Å²) in [6.45, 7) is 12.2. The Morgan fingerprint density at radius 3 is 1.82 bits per heavy atom. The number of carbonyl (C=O) groups excluding carboxylic acids is 3. The molecule has 2 heterocycles. The lowest BCUT2D eigenvalue weighted by Gasteiger charge is -2.28. The van der Waals surface area contributed by atoms with Gasteiger partial charge in [-0.05, 0) is 86.5 Å². The fraction of sp³-hybridized carbons (Fsp3) is 0.654. The maximum atomic E-state index is 14.4. The van der Waals surface area contributed by atoms with Crippen LogP contribution in [0.2, 0.25) is 0 Å². The number of nitrogens with zero attached hydrogens (tertiary/aromatic N) is 3. The standard InChI is InChI=1S/C52H78N4O4S2/c1-5-9-11-13-15-17-19-21-23-31-61-33-27-47(57)53-43-37-45-39(25-29-55(45)7-3)35-41(43)49-51(59)50(52(49)60)42-36-40-26-30-56(8-4)46(40)38-44(42)54-48(58)28-34-62-32-24-22-20-18-16-14-12-10-6-2/h35-38,59H,5-34H2,1-4H3,(H,53,57)/b50-42-,54-44?. The van der Waals surface area contributed by atoms with Crippen molar-refractivity contribution in [2.45, 2.75) is 169 Å². The number of benzene rings is 1. The van der Waals surface area contributed by atoms with Gasteiger partial charge in [0.25, 0.3) is 0 Å². The van der Waals surface area contributed by atoms with Crippen molar-refractivity contribution in [3.63, 3.8) is 0 Å². The minimum absolute atomic E-state index is 0.0899. The number of rotatable bonds is 30. The van der Waals surface area contributed by atoms with Crippen LogP contribution in [0.15, 0.2) is 57.5 Å². The highest BCUT2D eigenvalue weighted by atomic mass is 32.2. The van der Waals surface area contributed by atoms with E-state index < -0.39 is 0 Å². The highest BCUT2D eigenvalue weighted by Crippen LogP contribution is 2.46. The van der Waals surface area contributed by atoms with Crippen LogP contribution >= 0.6 is 23.5 Å². The van der Waals surface area contributed by atoms with E-state index in [1.54, 1.807) is 0 Å². The van der Waals surface area contributed by atoms with Crippen molar-refractivity contribution in [2.24, 2.45) is 4.99 Å². The zero-order valence-corrected chi connectivity index (χ0v) is 40.5. The van der Waals surface area contributed by atoms with E-state index in [1.807, 2.05) is 47.8 Å². The lowest BCUT2D eigenvalue weighted by atomic mass is 9.77. The number of fused-ring (bicyclic) bond motifs is 2. The van der Waals surface area contributed by atoms with Crippen molar-refractivity contribution in [1.82, 2.24) is 4.90 Å². The number of likely N-dealkylation sites (tertiary alicyclic amines) is 1. The fourth-order valence-electron chi connectivity index (χ4n) is 9.12. The number of carbonyl (C=O) groups is 3. The molecule has 2 aliphatic carbocycles. The Kier molecular flexibility index (Phi) is 21.8. The molecule has 62 heavy (non-hydrogen) atoms. The van der Waals surface area contributed by atoms with Gasteiger partial charge >= 0.3 is 0 Å². The first kappa shape index (κ1) is 49.8. The van der Waals surface area contributed by atoms with Gasteiger partial charge in [-0.3, -0.25) is 14.4 Å². The molecule has 1 fully saturated rings. The van der Waals surface area contributed by atoms with E-state index in [1.165, 1.54) is 116 Å². The second kappa shape index (κ2) is 27.2. The van der Waals surface area contributed by atoms with Crippen LogP contribution in [0, 0.1) is 0 Å². The third-order valence-corrected chi connectivity index (χ3v) is 15.0. The van der Waals surface area contributed by atoms with Crippen LogP contribution in [0.4, 0.5) is 11.4 Å². The Bertz CT molecular complexity index is 1830.